The first-order valence-corrected chi connectivity index (χ1v) is 7.98. The molecule has 7 nitrogen and oxygen atoms in total. The lowest BCUT2D eigenvalue weighted by Crippen LogP contribution is -2.23. The number of nitrogens with one attached hydrogen (secondary N) is 2. The third kappa shape index (κ3) is 5.18. The van der Waals surface area contributed by atoms with Crippen LogP contribution in [-0.4, -0.2) is 38.6 Å². The molecule has 0 saturated heterocycles. The lowest BCUT2D eigenvalue weighted by Gasteiger charge is -2.09. The van der Waals surface area contributed by atoms with Crippen LogP contribution >= 0.6 is 12.2 Å². The molecule has 26 heavy (non-hydrogen) atoms. The van der Waals surface area contributed by atoms with E-state index in [0.717, 1.165) is 5.56 Å². The van der Waals surface area contributed by atoms with Gasteiger partial charge in [-0.25, -0.2) is 4.79 Å². The number of rotatable bonds is 6. The maximum absolute atomic E-state index is 11.4. The highest BCUT2D eigenvalue weighted by Crippen LogP contribution is 2.22. The Labute approximate surface area is 157 Å². The molecule has 0 atom stereocenters. The topological polar surface area (TPSA) is 81.2 Å². The molecular weight excluding hydrogens is 354 g/mol. The summed E-state index contributed by atoms with van der Waals surface area (Å²) >= 11 is 5.18. The summed E-state index contributed by atoms with van der Waals surface area (Å²) in [6, 6.07) is 12.1. The number of hydrazone groups is 1. The van der Waals surface area contributed by atoms with Crippen LogP contribution in [0.25, 0.3) is 0 Å². The second-order valence-electron chi connectivity index (χ2n) is 5.00. The molecule has 0 bridgehead atoms. The number of methoxy groups -OCH3 is 3. The van der Waals surface area contributed by atoms with Crippen LogP contribution in [0.1, 0.15) is 15.9 Å². The molecule has 0 radical (unpaired) electrons. The first kappa shape index (κ1) is 19.2. The van der Waals surface area contributed by atoms with Crippen molar-refractivity contribution < 1.29 is 19.0 Å². The summed E-state index contributed by atoms with van der Waals surface area (Å²) < 4.78 is 15.1. The molecule has 0 heterocycles. The largest absolute Gasteiger partial charge is 0.497 e. The van der Waals surface area contributed by atoms with Crippen LogP contribution in [0.3, 0.4) is 0 Å². The summed E-state index contributed by atoms with van der Waals surface area (Å²) in [6.45, 7) is 0. The van der Waals surface area contributed by atoms with Crippen molar-refractivity contribution in [3.63, 3.8) is 0 Å². The molecule has 2 N–H and O–H groups in total. The maximum atomic E-state index is 11.4. The molecule has 0 amide bonds. The van der Waals surface area contributed by atoms with Gasteiger partial charge in [0.05, 0.1) is 33.1 Å². The predicted molar refractivity (Wildman–Crippen MR) is 104 cm³/mol. The third-order valence-corrected chi connectivity index (χ3v) is 3.56. The van der Waals surface area contributed by atoms with Gasteiger partial charge < -0.3 is 19.5 Å². The van der Waals surface area contributed by atoms with Crippen molar-refractivity contribution in [2.75, 3.05) is 26.6 Å². The molecule has 0 aromatic heterocycles. The molecule has 0 aliphatic rings. The van der Waals surface area contributed by atoms with Crippen LogP contribution in [0, 0.1) is 0 Å². The Balaban J connectivity index is 1.96. The lowest BCUT2D eigenvalue weighted by molar-refractivity contribution is 0.0601. The highest BCUT2D eigenvalue weighted by molar-refractivity contribution is 7.80. The number of nitrogens with zero attached hydrogens (tertiary/aromatic N) is 1. The second-order valence-corrected chi connectivity index (χ2v) is 5.41. The number of carbonyl (C=O) groups is 1. The number of thiocarbonyl (C=S) groups is 1. The van der Waals surface area contributed by atoms with Crippen LogP contribution < -0.4 is 20.2 Å². The van der Waals surface area contributed by atoms with E-state index in [-0.39, 0.29) is 0 Å². The van der Waals surface area contributed by atoms with E-state index in [1.807, 2.05) is 0 Å². The van der Waals surface area contributed by atoms with Crippen molar-refractivity contribution in [2.45, 2.75) is 0 Å². The molecule has 2 aromatic carbocycles. The van der Waals surface area contributed by atoms with Crippen LogP contribution in [0.4, 0.5) is 5.69 Å². The highest BCUT2D eigenvalue weighted by Gasteiger charge is 2.05. The van der Waals surface area contributed by atoms with Gasteiger partial charge in [-0.1, -0.05) is 0 Å². The fourth-order valence-electron chi connectivity index (χ4n) is 2.07. The van der Waals surface area contributed by atoms with Gasteiger partial charge in [0.1, 0.15) is 11.5 Å². The van der Waals surface area contributed by atoms with Crippen LogP contribution in [0.5, 0.6) is 11.5 Å². The van der Waals surface area contributed by atoms with E-state index in [9.17, 15) is 4.79 Å². The van der Waals surface area contributed by atoms with Crippen molar-refractivity contribution in [1.82, 2.24) is 5.43 Å². The van der Waals surface area contributed by atoms with E-state index in [1.165, 1.54) is 7.11 Å². The molecule has 2 aromatic rings. The Bertz CT molecular complexity index is 807. The number of carbonyl (C=O) groups excluding carboxylic acids is 1. The second kappa shape index (κ2) is 9.38. The Morgan fingerprint density at radius 2 is 1.81 bits per heavy atom. The minimum atomic E-state index is -0.394. The first-order chi connectivity index (χ1) is 12.6. The van der Waals surface area contributed by atoms with Crippen molar-refractivity contribution >= 4 is 35.2 Å². The van der Waals surface area contributed by atoms with Crippen molar-refractivity contribution in [1.29, 1.82) is 0 Å². The number of benzene rings is 2. The van der Waals surface area contributed by atoms with E-state index >= 15 is 0 Å². The number of ether oxygens (including phenoxy) is 3. The molecule has 0 saturated carbocycles. The quantitative estimate of drug-likeness (QED) is 0.349. The van der Waals surface area contributed by atoms with Crippen LogP contribution in [0.15, 0.2) is 47.6 Å². The van der Waals surface area contributed by atoms with Gasteiger partial charge >= 0.3 is 5.97 Å². The maximum Gasteiger partial charge on any atom is 0.337 e. The average molecular weight is 373 g/mol. The fraction of sp³-hybridized carbons (Fsp3) is 0.167. The summed E-state index contributed by atoms with van der Waals surface area (Å²) in [5.74, 6) is 0.960. The zero-order chi connectivity index (χ0) is 18.9. The minimum Gasteiger partial charge on any atom is -0.497 e. The van der Waals surface area contributed by atoms with Gasteiger partial charge in [0, 0.05) is 11.3 Å². The number of esters is 1. The van der Waals surface area contributed by atoms with Gasteiger partial charge in [0.15, 0.2) is 5.11 Å². The molecule has 0 aliphatic carbocycles. The number of hydrogen-bond donors (Lipinski definition) is 2. The van der Waals surface area contributed by atoms with E-state index in [2.05, 4.69) is 20.6 Å². The van der Waals surface area contributed by atoms with Crippen LogP contribution in [-0.2, 0) is 4.74 Å². The fourth-order valence-corrected chi connectivity index (χ4v) is 2.24. The van der Waals surface area contributed by atoms with Gasteiger partial charge in [-0.3, -0.25) is 5.43 Å². The normalized spacial score (nSPS) is 10.3. The number of hydrogen-bond acceptors (Lipinski definition) is 6. The summed E-state index contributed by atoms with van der Waals surface area (Å²) in [6.07, 6.45) is 1.58. The van der Waals surface area contributed by atoms with E-state index in [1.54, 1.807) is 62.9 Å². The Hall–Kier alpha value is -3.13. The van der Waals surface area contributed by atoms with Gasteiger partial charge in [0.2, 0.25) is 0 Å². The molecule has 0 fully saturated rings. The highest BCUT2D eigenvalue weighted by atomic mass is 32.1. The molecule has 0 unspecified atom stereocenters. The standard InChI is InChI=1S/C18H19N3O4S/c1-23-15-8-9-16(24-2)13(10-15)11-19-21-18(26)20-14-6-4-12(5-7-14)17(22)25-3/h4-11H,1-3H3,(H2,20,21,26)/b19-11-. The Morgan fingerprint density at radius 1 is 1.08 bits per heavy atom. The van der Waals surface area contributed by atoms with E-state index < -0.39 is 5.97 Å². The molecule has 0 aliphatic heterocycles. The molecule has 2 rings (SSSR count). The first-order valence-electron chi connectivity index (χ1n) is 7.58. The average Bonchev–Trinajstić information content (AvgIpc) is 2.67. The van der Waals surface area contributed by atoms with Crippen LogP contribution in [0.2, 0.25) is 0 Å². The minimum absolute atomic E-state index is 0.300. The summed E-state index contributed by atoms with van der Waals surface area (Å²) in [7, 11) is 4.51. The Kier molecular flexibility index (Phi) is 6.92. The van der Waals surface area contributed by atoms with Crippen molar-refractivity contribution in [2.24, 2.45) is 5.10 Å². The molecule has 0 spiro atoms. The molecule has 8 heteroatoms. The number of anilines is 1. The zero-order valence-electron chi connectivity index (χ0n) is 14.6. The zero-order valence-corrected chi connectivity index (χ0v) is 15.4. The molecular formula is C18H19N3O4S. The smallest absolute Gasteiger partial charge is 0.337 e. The Morgan fingerprint density at radius 3 is 2.42 bits per heavy atom. The summed E-state index contributed by atoms with van der Waals surface area (Å²) in [4.78, 5) is 11.4. The third-order valence-electron chi connectivity index (χ3n) is 3.37. The lowest BCUT2D eigenvalue weighted by atomic mass is 10.2. The SMILES string of the molecule is COC(=O)c1ccc(NC(=S)N/N=C\c2cc(OC)ccc2OC)cc1. The van der Waals surface area contributed by atoms with E-state index in [4.69, 9.17) is 21.7 Å². The predicted octanol–water partition coefficient (Wildman–Crippen LogP) is 2.81. The van der Waals surface area contributed by atoms with Crippen molar-refractivity contribution in [3.8, 4) is 11.5 Å². The molecule has 136 valence electrons. The van der Waals surface area contributed by atoms with Gasteiger partial charge in [-0.05, 0) is 54.7 Å². The monoisotopic (exact) mass is 373 g/mol. The van der Waals surface area contributed by atoms with Gasteiger partial charge in [-0.2, -0.15) is 5.10 Å². The summed E-state index contributed by atoms with van der Waals surface area (Å²) in [5.41, 5.74) is 4.63. The van der Waals surface area contributed by atoms with E-state index in [0.29, 0.717) is 27.9 Å². The summed E-state index contributed by atoms with van der Waals surface area (Å²) in [5, 5.41) is 7.35. The van der Waals surface area contributed by atoms with Crippen molar-refractivity contribution in [3.05, 3.63) is 53.6 Å². The van der Waals surface area contributed by atoms with Gasteiger partial charge in [-0.15, -0.1) is 0 Å². The van der Waals surface area contributed by atoms with Gasteiger partial charge in [0.25, 0.3) is 0 Å².